The molecule has 3 rings (SSSR count). The summed E-state index contributed by atoms with van der Waals surface area (Å²) in [5.74, 6) is 0.116. The van der Waals surface area contributed by atoms with Crippen molar-refractivity contribution in [3.8, 4) is 0 Å². The van der Waals surface area contributed by atoms with Gasteiger partial charge in [-0.15, -0.1) is 0 Å². The Labute approximate surface area is 118 Å². The normalized spacial score (nSPS) is 28.2. The Morgan fingerprint density at radius 1 is 1.20 bits per heavy atom. The number of hydrogen-bond acceptors (Lipinski definition) is 3. The number of nitrogens with zero attached hydrogens (tertiary/aromatic N) is 1. The van der Waals surface area contributed by atoms with Crippen molar-refractivity contribution >= 4 is 12.4 Å². The number of benzene rings is 1. The maximum absolute atomic E-state index is 12.2. The fourth-order valence-electron chi connectivity index (χ4n) is 3.42. The minimum Gasteiger partial charge on any atom is -0.445 e. The Morgan fingerprint density at radius 3 is 2.45 bits per heavy atom. The molecule has 1 amide bonds. The van der Waals surface area contributed by atoms with Crippen molar-refractivity contribution in [1.29, 1.82) is 0 Å². The molecule has 0 aromatic heterocycles. The zero-order chi connectivity index (χ0) is 13.9. The van der Waals surface area contributed by atoms with Gasteiger partial charge in [-0.1, -0.05) is 30.3 Å². The summed E-state index contributed by atoms with van der Waals surface area (Å²) in [5.41, 5.74) is 0.996. The molecule has 4 heteroatoms. The molecule has 0 spiro atoms. The van der Waals surface area contributed by atoms with Crippen molar-refractivity contribution in [3.05, 3.63) is 35.9 Å². The molecule has 20 heavy (non-hydrogen) atoms. The molecule has 0 aliphatic carbocycles. The largest absolute Gasteiger partial charge is 0.445 e. The molecular formula is C16H19NO3. The van der Waals surface area contributed by atoms with Crippen LogP contribution in [0.25, 0.3) is 0 Å². The first kappa shape index (κ1) is 13.2. The molecule has 1 aromatic rings. The summed E-state index contributed by atoms with van der Waals surface area (Å²) in [5, 5.41) is 0. The molecular weight excluding hydrogens is 254 g/mol. The number of carbonyl (C=O) groups excluding carboxylic acids is 2. The van der Waals surface area contributed by atoms with Gasteiger partial charge in [-0.2, -0.15) is 0 Å². The van der Waals surface area contributed by atoms with E-state index in [0.717, 1.165) is 37.5 Å². The van der Waals surface area contributed by atoms with E-state index in [1.807, 2.05) is 35.2 Å². The Balaban J connectivity index is 1.59. The SMILES string of the molecule is O=CC1C[C@H]2CC[C@@H](C1)N2C(=O)OCc1ccccc1. The Morgan fingerprint density at radius 2 is 1.85 bits per heavy atom. The molecule has 2 saturated heterocycles. The lowest BCUT2D eigenvalue weighted by atomic mass is 9.92. The summed E-state index contributed by atoms with van der Waals surface area (Å²) in [6.07, 6.45) is 4.38. The van der Waals surface area contributed by atoms with Crippen LogP contribution in [0.15, 0.2) is 30.3 Å². The van der Waals surface area contributed by atoms with Gasteiger partial charge in [0.25, 0.3) is 0 Å². The van der Waals surface area contributed by atoms with Crippen molar-refractivity contribution in [2.75, 3.05) is 0 Å². The van der Waals surface area contributed by atoms with Crippen LogP contribution in [-0.2, 0) is 16.1 Å². The zero-order valence-electron chi connectivity index (χ0n) is 11.4. The maximum atomic E-state index is 12.2. The lowest BCUT2D eigenvalue weighted by molar-refractivity contribution is -0.113. The zero-order valence-corrected chi connectivity index (χ0v) is 11.4. The minimum absolute atomic E-state index is 0.116. The highest BCUT2D eigenvalue weighted by atomic mass is 16.6. The van der Waals surface area contributed by atoms with Gasteiger partial charge in [-0.05, 0) is 31.2 Å². The highest BCUT2D eigenvalue weighted by molar-refractivity contribution is 5.69. The number of carbonyl (C=O) groups is 2. The topological polar surface area (TPSA) is 46.6 Å². The number of fused-ring (bicyclic) bond motifs is 2. The fraction of sp³-hybridized carbons (Fsp3) is 0.500. The van der Waals surface area contributed by atoms with Crippen molar-refractivity contribution in [2.45, 2.75) is 44.4 Å². The number of aldehydes is 1. The van der Waals surface area contributed by atoms with E-state index in [1.54, 1.807) is 0 Å². The summed E-state index contributed by atoms with van der Waals surface area (Å²) < 4.78 is 5.42. The third kappa shape index (κ3) is 2.55. The van der Waals surface area contributed by atoms with E-state index in [2.05, 4.69) is 0 Å². The third-order valence-electron chi connectivity index (χ3n) is 4.38. The molecule has 3 atom stereocenters. The van der Waals surface area contributed by atoms with E-state index in [4.69, 9.17) is 4.74 Å². The number of piperidine rings is 1. The Hall–Kier alpha value is -1.84. The molecule has 2 fully saturated rings. The average Bonchev–Trinajstić information content (AvgIpc) is 2.76. The van der Waals surface area contributed by atoms with Crippen molar-refractivity contribution in [3.63, 3.8) is 0 Å². The molecule has 106 valence electrons. The van der Waals surface area contributed by atoms with Crippen LogP contribution in [0.4, 0.5) is 4.79 Å². The third-order valence-corrected chi connectivity index (χ3v) is 4.38. The number of rotatable bonds is 3. The van der Waals surface area contributed by atoms with Gasteiger partial charge < -0.3 is 14.4 Å². The molecule has 2 aliphatic rings. The molecule has 0 N–H and O–H groups in total. The fourth-order valence-corrected chi connectivity index (χ4v) is 3.42. The molecule has 2 aliphatic heterocycles. The highest BCUT2D eigenvalue weighted by Gasteiger charge is 2.43. The molecule has 2 bridgehead atoms. The van der Waals surface area contributed by atoms with Crippen LogP contribution in [0.5, 0.6) is 0 Å². The van der Waals surface area contributed by atoms with Crippen molar-refractivity contribution < 1.29 is 14.3 Å². The van der Waals surface area contributed by atoms with Gasteiger partial charge in [0, 0.05) is 18.0 Å². The van der Waals surface area contributed by atoms with Crippen LogP contribution in [0.2, 0.25) is 0 Å². The molecule has 1 aromatic carbocycles. The first-order chi connectivity index (χ1) is 9.78. The lowest BCUT2D eigenvalue weighted by Crippen LogP contribution is -2.47. The summed E-state index contributed by atoms with van der Waals surface area (Å²) >= 11 is 0. The predicted molar refractivity (Wildman–Crippen MR) is 74.1 cm³/mol. The summed E-state index contributed by atoms with van der Waals surface area (Å²) in [7, 11) is 0. The van der Waals surface area contributed by atoms with Crippen molar-refractivity contribution in [2.24, 2.45) is 5.92 Å². The first-order valence-electron chi connectivity index (χ1n) is 7.22. The van der Waals surface area contributed by atoms with Gasteiger partial charge in [0.15, 0.2) is 0 Å². The molecule has 4 nitrogen and oxygen atoms in total. The minimum atomic E-state index is -0.231. The summed E-state index contributed by atoms with van der Waals surface area (Å²) in [6.45, 7) is 0.312. The van der Waals surface area contributed by atoms with E-state index in [1.165, 1.54) is 0 Å². The van der Waals surface area contributed by atoms with Crippen LogP contribution in [-0.4, -0.2) is 29.4 Å². The van der Waals surface area contributed by atoms with Crippen LogP contribution in [0, 0.1) is 5.92 Å². The Kier molecular flexibility index (Phi) is 3.72. The van der Waals surface area contributed by atoms with E-state index in [0.29, 0.717) is 6.61 Å². The lowest BCUT2D eigenvalue weighted by Gasteiger charge is -2.36. The van der Waals surface area contributed by atoms with Crippen LogP contribution >= 0.6 is 0 Å². The summed E-state index contributed by atoms with van der Waals surface area (Å²) in [6, 6.07) is 10.1. The molecule has 0 radical (unpaired) electrons. The van der Waals surface area contributed by atoms with E-state index in [-0.39, 0.29) is 24.1 Å². The van der Waals surface area contributed by atoms with Gasteiger partial charge in [-0.25, -0.2) is 4.79 Å². The van der Waals surface area contributed by atoms with E-state index >= 15 is 0 Å². The van der Waals surface area contributed by atoms with Crippen LogP contribution < -0.4 is 0 Å². The second-order valence-corrected chi connectivity index (χ2v) is 5.70. The second-order valence-electron chi connectivity index (χ2n) is 5.70. The monoisotopic (exact) mass is 273 g/mol. The molecule has 2 heterocycles. The number of ether oxygens (including phenoxy) is 1. The highest BCUT2D eigenvalue weighted by Crippen LogP contribution is 2.38. The Bertz CT molecular complexity index is 474. The number of hydrogen-bond donors (Lipinski definition) is 0. The van der Waals surface area contributed by atoms with E-state index < -0.39 is 0 Å². The standard InChI is InChI=1S/C16H19NO3/c18-10-13-8-14-6-7-15(9-13)17(14)16(19)20-11-12-4-2-1-3-5-12/h1-5,10,13-15H,6-9,11H2/t13?,14-,15+. The van der Waals surface area contributed by atoms with Crippen LogP contribution in [0.1, 0.15) is 31.2 Å². The van der Waals surface area contributed by atoms with Crippen LogP contribution in [0.3, 0.4) is 0 Å². The average molecular weight is 273 g/mol. The number of amides is 1. The van der Waals surface area contributed by atoms with Crippen molar-refractivity contribution in [1.82, 2.24) is 4.90 Å². The smallest absolute Gasteiger partial charge is 0.410 e. The van der Waals surface area contributed by atoms with Gasteiger partial charge >= 0.3 is 6.09 Å². The molecule has 1 unspecified atom stereocenters. The van der Waals surface area contributed by atoms with Gasteiger partial charge in [0.1, 0.15) is 12.9 Å². The quantitative estimate of drug-likeness (QED) is 0.796. The van der Waals surface area contributed by atoms with Gasteiger partial charge in [-0.3, -0.25) is 0 Å². The second kappa shape index (κ2) is 5.65. The molecule has 0 saturated carbocycles. The maximum Gasteiger partial charge on any atom is 0.410 e. The van der Waals surface area contributed by atoms with Gasteiger partial charge in [0.2, 0.25) is 0 Å². The first-order valence-corrected chi connectivity index (χ1v) is 7.22. The van der Waals surface area contributed by atoms with Gasteiger partial charge in [0.05, 0.1) is 0 Å². The summed E-state index contributed by atoms with van der Waals surface area (Å²) in [4.78, 5) is 25.0. The van der Waals surface area contributed by atoms with E-state index in [9.17, 15) is 9.59 Å². The predicted octanol–water partition coefficient (Wildman–Crippen LogP) is 2.77.